The predicted molar refractivity (Wildman–Crippen MR) is 86.6 cm³/mol. The summed E-state index contributed by atoms with van der Waals surface area (Å²) in [5.74, 6) is 2.40. The molecule has 0 aromatic carbocycles. The van der Waals surface area contributed by atoms with Gasteiger partial charge in [0, 0.05) is 16.0 Å². The van der Waals surface area contributed by atoms with Gasteiger partial charge in [-0.05, 0) is 36.6 Å². The van der Waals surface area contributed by atoms with E-state index in [9.17, 15) is 4.79 Å². The average molecular weight is 360 g/mol. The number of hydrogen-bond donors (Lipinski definition) is 1. The van der Waals surface area contributed by atoms with Gasteiger partial charge in [-0.1, -0.05) is 28.8 Å². The standard InChI is InChI=1S/C14H18BrNOS2/c15-9-14(4-1-2-5-14)16-13(17)12-7-10-8-18-6-3-11(10)19-12/h7H,1-6,8-9H2,(H,16,17). The Morgan fingerprint density at radius 3 is 2.89 bits per heavy atom. The molecule has 0 unspecified atom stereocenters. The van der Waals surface area contributed by atoms with Crippen molar-refractivity contribution in [3.63, 3.8) is 0 Å². The number of nitrogens with one attached hydrogen (secondary N) is 1. The Morgan fingerprint density at radius 2 is 2.21 bits per heavy atom. The molecule has 5 heteroatoms. The number of thioether (sulfide) groups is 1. The van der Waals surface area contributed by atoms with Crippen LogP contribution in [-0.4, -0.2) is 22.5 Å². The van der Waals surface area contributed by atoms with E-state index in [0.29, 0.717) is 0 Å². The second-order valence-corrected chi connectivity index (χ2v) is 8.24. The lowest BCUT2D eigenvalue weighted by Crippen LogP contribution is -2.47. The second kappa shape index (κ2) is 5.78. The van der Waals surface area contributed by atoms with Gasteiger partial charge in [-0.3, -0.25) is 4.79 Å². The molecule has 1 fully saturated rings. The number of carbonyl (C=O) groups excluding carboxylic acids is 1. The van der Waals surface area contributed by atoms with Crippen LogP contribution < -0.4 is 5.32 Å². The topological polar surface area (TPSA) is 29.1 Å². The maximum Gasteiger partial charge on any atom is 0.261 e. The van der Waals surface area contributed by atoms with Gasteiger partial charge in [0.25, 0.3) is 5.91 Å². The Kier molecular flexibility index (Phi) is 4.25. The monoisotopic (exact) mass is 359 g/mol. The van der Waals surface area contributed by atoms with Crippen molar-refractivity contribution < 1.29 is 4.79 Å². The Labute approximate surface area is 130 Å². The molecule has 0 spiro atoms. The van der Waals surface area contributed by atoms with E-state index in [4.69, 9.17) is 0 Å². The van der Waals surface area contributed by atoms with Crippen LogP contribution in [0, 0.1) is 0 Å². The lowest BCUT2D eigenvalue weighted by atomic mass is 10.0. The van der Waals surface area contributed by atoms with Crippen LogP contribution in [0.5, 0.6) is 0 Å². The fraction of sp³-hybridized carbons (Fsp3) is 0.643. The summed E-state index contributed by atoms with van der Waals surface area (Å²) < 4.78 is 0. The summed E-state index contributed by atoms with van der Waals surface area (Å²) >= 11 is 7.24. The lowest BCUT2D eigenvalue weighted by Gasteiger charge is -2.27. The minimum absolute atomic E-state index is 0.00364. The average Bonchev–Trinajstić information content (AvgIpc) is 3.05. The van der Waals surface area contributed by atoms with E-state index >= 15 is 0 Å². The molecule has 2 aliphatic rings. The molecule has 1 aromatic rings. The minimum atomic E-state index is -0.00364. The van der Waals surface area contributed by atoms with Crippen LogP contribution in [0.1, 0.15) is 45.8 Å². The number of hydrogen-bond acceptors (Lipinski definition) is 3. The van der Waals surface area contributed by atoms with E-state index in [-0.39, 0.29) is 11.4 Å². The smallest absolute Gasteiger partial charge is 0.261 e. The van der Waals surface area contributed by atoms with Crippen LogP contribution in [0.25, 0.3) is 0 Å². The van der Waals surface area contributed by atoms with Crippen molar-refractivity contribution in [2.45, 2.75) is 43.4 Å². The van der Waals surface area contributed by atoms with Gasteiger partial charge in [0.05, 0.1) is 10.4 Å². The van der Waals surface area contributed by atoms with Crippen molar-refractivity contribution in [2.75, 3.05) is 11.1 Å². The van der Waals surface area contributed by atoms with Crippen LogP contribution in [0.4, 0.5) is 0 Å². The number of halogens is 1. The molecule has 1 amide bonds. The van der Waals surface area contributed by atoms with Gasteiger partial charge in [-0.25, -0.2) is 0 Å². The summed E-state index contributed by atoms with van der Waals surface area (Å²) in [6.07, 6.45) is 5.78. The Balaban J connectivity index is 1.74. The van der Waals surface area contributed by atoms with Gasteiger partial charge in [-0.15, -0.1) is 11.3 Å². The summed E-state index contributed by atoms with van der Waals surface area (Å²) in [6, 6.07) is 2.11. The third-order valence-electron chi connectivity index (χ3n) is 4.05. The SMILES string of the molecule is O=C(NC1(CBr)CCCC1)c1cc2c(s1)CCSC2. The van der Waals surface area contributed by atoms with Crippen LogP contribution in [0.15, 0.2) is 6.07 Å². The van der Waals surface area contributed by atoms with Crippen LogP contribution in [-0.2, 0) is 12.2 Å². The van der Waals surface area contributed by atoms with Crippen molar-refractivity contribution in [3.05, 3.63) is 21.4 Å². The highest BCUT2D eigenvalue weighted by Crippen LogP contribution is 2.34. The number of amides is 1. The first-order chi connectivity index (χ1) is 9.22. The number of fused-ring (bicyclic) bond motifs is 1. The summed E-state index contributed by atoms with van der Waals surface area (Å²) in [6.45, 7) is 0. The van der Waals surface area contributed by atoms with Crippen LogP contribution in [0.3, 0.4) is 0 Å². The molecule has 1 aromatic heterocycles. The highest BCUT2D eigenvalue weighted by Gasteiger charge is 2.34. The zero-order chi connectivity index (χ0) is 13.3. The molecule has 19 heavy (non-hydrogen) atoms. The largest absolute Gasteiger partial charge is 0.345 e. The highest BCUT2D eigenvalue weighted by atomic mass is 79.9. The van der Waals surface area contributed by atoms with E-state index < -0.39 is 0 Å². The number of carbonyl (C=O) groups is 1. The molecule has 0 atom stereocenters. The first kappa shape index (κ1) is 14.0. The zero-order valence-corrected chi connectivity index (χ0v) is 14.1. The lowest BCUT2D eigenvalue weighted by molar-refractivity contribution is 0.0914. The summed E-state index contributed by atoms with van der Waals surface area (Å²) in [4.78, 5) is 14.8. The Hall–Kier alpha value is -0.000000000000000111. The number of aryl methyl sites for hydroxylation is 1. The molecule has 3 rings (SSSR count). The molecule has 1 aliphatic carbocycles. The molecule has 104 valence electrons. The molecule has 1 aliphatic heterocycles. The fourth-order valence-electron chi connectivity index (χ4n) is 2.91. The number of rotatable bonds is 3. The van der Waals surface area contributed by atoms with Crippen molar-refractivity contribution in [3.8, 4) is 0 Å². The molecular weight excluding hydrogens is 342 g/mol. The van der Waals surface area contributed by atoms with E-state index in [1.54, 1.807) is 11.3 Å². The first-order valence-electron chi connectivity index (χ1n) is 6.80. The van der Waals surface area contributed by atoms with E-state index in [1.807, 2.05) is 11.8 Å². The molecule has 0 bridgehead atoms. The molecule has 1 N–H and O–H groups in total. The summed E-state index contributed by atoms with van der Waals surface area (Å²) in [5, 5.41) is 4.15. The second-order valence-electron chi connectivity index (χ2n) is 5.44. The first-order valence-corrected chi connectivity index (χ1v) is 9.89. The Morgan fingerprint density at radius 1 is 1.42 bits per heavy atom. The number of alkyl halides is 1. The van der Waals surface area contributed by atoms with E-state index in [1.165, 1.54) is 29.0 Å². The van der Waals surface area contributed by atoms with Gasteiger partial charge in [0.2, 0.25) is 0 Å². The van der Waals surface area contributed by atoms with Crippen molar-refractivity contribution in [1.29, 1.82) is 0 Å². The van der Waals surface area contributed by atoms with Crippen LogP contribution >= 0.6 is 39.0 Å². The number of thiophene rings is 1. The molecule has 0 radical (unpaired) electrons. The van der Waals surface area contributed by atoms with Gasteiger partial charge >= 0.3 is 0 Å². The molecule has 1 saturated carbocycles. The summed E-state index contributed by atoms with van der Waals surface area (Å²) in [7, 11) is 0. The van der Waals surface area contributed by atoms with Gasteiger partial charge in [0.15, 0.2) is 0 Å². The third-order valence-corrected chi connectivity index (χ3v) is 7.36. The van der Waals surface area contributed by atoms with Crippen molar-refractivity contribution in [2.24, 2.45) is 0 Å². The van der Waals surface area contributed by atoms with E-state index in [0.717, 1.165) is 35.2 Å². The maximum atomic E-state index is 12.5. The fourth-order valence-corrected chi connectivity index (χ4v) is 5.87. The van der Waals surface area contributed by atoms with E-state index in [2.05, 4.69) is 27.3 Å². The Bertz CT molecular complexity index is 456. The third kappa shape index (κ3) is 2.88. The van der Waals surface area contributed by atoms with Gasteiger partial charge < -0.3 is 5.32 Å². The molecular formula is C14H18BrNOS2. The molecule has 2 nitrogen and oxygen atoms in total. The minimum Gasteiger partial charge on any atom is -0.345 e. The highest BCUT2D eigenvalue weighted by molar-refractivity contribution is 9.09. The maximum absolute atomic E-state index is 12.5. The van der Waals surface area contributed by atoms with Gasteiger partial charge in [-0.2, -0.15) is 11.8 Å². The quantitative estimate of drug-likeness (QED) is 0.827. The normalized spacial score (nSPS) is 21.1. The predicted octanol–water partition coefficient (Wildman–Crippen LogP) is 3.97. The summed E-state index contributed by atoms with van der Waals surface area (Å²) in [5.41, 5.74) is 1.38. The zero-order valence-electron chi connectivity index (χ0n) is 10.8. The van der Waals surface area contributed by atoms with Crippen molar-refractivity contribution >= 4 is 44.9 Å². The van der Waals surface area contributed by atoms with Crippen LogP contribution in [0.2, 0.25) is 0 Å². The molecule has 0 saturated heterocycles. The van der Waals surface area contributed by atoms with Crippen molar-refractivity contribution in [1.82, 2.24) is 5.32 Å². The van der Waals surface area contributed by atoms with Gasteiger partial charge in [0.1, 0.15) is 0 Å². The molecule has 2 heterocycles.